The highest BCUT2D eigenvalue weighted by Gasteiger charge is 2.39. The number of carbonyl (C=O) groups is 1. The van der Waals surface area contributed by atoms with Crippen LogP contribution in [0.3, 0.4) is 0 Å². The third-order valence-electron chi connectivity index (χ3n) is 8.53. The summed E-state index contributed by atoms with van der Waals surface area (Å²) in [5.74, 6) is 3.64. The minimum absolute atomic E-state index is 0.419. The molecule has 3 aromatic rings. The van der Waals surface area contributed by atoms with Crippen LogP contribution in [-0.2, 0) is 11.3 Å². The molecule has 8 heteroatoms. The average Bonchev–Trinajstić information content (AvgIpc) is 3.62. The van der Waals surface area contributed by atoms with Gasteiger partial charge in [0.05, 0.1) is 30.4 Å². The minimum Gasteiger partial charge on any atom is -0.495 e. The maximum absolute atomic E-state index is 12.0. The molecule has 1 aliphatic carbocycles. The molecule has 0 bridgehead atoms. The first-order valence-electron chi connectivity index (χ1n) is 14.0. The molecule has 2 atom stereocenters. The number of likely N-dealkylation sites (tertiary alicyclic amines) is 1. The van der Waals surface area contributed by atoms with Gasteiger partial charge in [-0.25, -0.2) is 14.6 Å². The van der Waals surface area contributed by atoms with Crippen molar-refractivity contribution in [2.24, 2.45) is 5.92 Å². The van der Waals surface area contributed by atoms with E-state index in [0.29, 0.717) is 11.8 Å². The number of allylic oxidation sites excluding steroid dienone is 2. The predicted molar refractivity (Wildman–Crippen MR) is 152 cm³/mol. The molecule has 1 fully saturated rings. The largest absolute Gasteiger partial charge is 0.495 e. The van der Waals surface area contributed by atoms with Crippen molar-refractivity contribution in [3.8, 4) is 11.4 Å². The number of piperidine rings is 1. The maximum Gasteiger partial charge on any atom is 0.174 e. The Labute approximate surface area is 229 Å². The second-order valence-electron chi connectivity index (χ2n) is 10.9. The Kier molecular flexibility index (Phi) is 7.04. The van der Waals surface area contributed by atoms with Crippen LogP contribution < -0.4 is 4.74 Å². The fourth-order valence-electron chi connectivity index (χ4n) is 6.39. The topological polar surface area (TPSA) is 78.1 Å². The third kappa shape index (κ3) is 5.01. The fraction of sp³-hybridized carbons (Fsp3) is 0.419. The summed E-state index contributed by atoms with van der Waals surface area (Å²) in [7, 11) is 1.69. The fourth-order valence-corrected chi connectivity index (χ4v) is 6.39. The monoisotopic (exact) mass is 524 g/mol. The summed E-state index contributed by atoms with van der Waals surface area (Å²) in [6.07, 6.45) is 22.4. The molecule has 202 valence electrons. The smallest absolute Gasteiger partial charge is 0.174 e. The number of aryl methyl sites for hydroxylation is 2. The molecule has 8 nitrogen and oxygen atoms in total. The molecule has 0 N–H and O–H groups in total. The first-order valence-corrected chi connectivity index (χ1v) is 14.0. The molecule has 3 aliphatic rings. The number of imidazole rings is 1. The number of ether oxygens (including phenoxy) is 1. The normalized spacial score (nSPS) is 23.8. The van der Waals surface area contributed by atoms with Gasteiger partial charge in [-0.1, -0.05) is 36.4 Å². The van der Waals surface area contributed by atoms with Gasteiger partial charge >= 0.3 is 0 Å². The Morgan fingerprint density at radius 3 is 2.69 bits per heavy atom. The number of hydrogen-bond acceptors (Lipinski definition) is 6. The number of nitrogens with zero attached hydrogens (tertiary/aromatic N) is 6. The van der Waals surface area contributed by atoms with Crippen LogP contribution in [0.1, 0.15) is 60.9 Å². The van der Waals surface area contributed by atoms with Crippen molar-refractivity contribution < 1.29 is 9.53 Å². The summed E-state index contributed by atoms with van der Waals surface area (Å²) in [6.45, 7) is 4.77. The van der Waals surface area contributed by atoms with Gasteiger partial charge < -0.3 is 14.1 Å². The van der Waals surface area contributed by atoms with Gasteiger partial charge in [-0.05, 0) is 81.8 Å². The van der Waals surface area contributed by atoms with Crippen LogP contribution in [0.2, 0.25) is 0 Å². The van der Waals surface area contributed by atoms with Crippen molar-refractivity contribution in [2.45, 2.75) is 57.0 Å². The molecule has 0 amide bonds. The van der Waals surface area contributed by atoms with E-state index >= 15 is 0 Å². The number of hydrogen-bond donors (Lipinski definition) is 0. The van der Waals surface area contributed by atoms with Crippen LogP contribution in [0.5, 0.6) is 5.75 Å². The summed E-state index contributed by atoms with van der Waals surface area (Å²) in [4.78, 5) is 23.7. The number of aldehydes is 1. The summed E-state index contributed by atoms with van der Waals surface area (Å²) < 4.78 is 9.75. The van der Waals surface area contributed by atoms with E-state index in [0.717, 1.165) is 92.4 Å². The molecule has 6 rings (SSSR count). The predicted octanol–water partition coefficient (Wildman–Crippen LogP) is 4.99. The van der Waals surface area contributed by atoms with Gasteiger partial charge in [0.15, 0.2) is 5.82 Å². The number of aromatic nitrogens is 5. The van der Waals surface area contributed by atoms with Gasteiger partial charge in [-0.3, -0.25) is 4.90 Å². The SMILES string of the molecule is COc1cc(/C=C/c2nc3n(n2)CCCC3C2CCN(C3(C=O)C=CC=CC3)CC2)ccc1-n1cnc(C)c1. The summed E-state index contributed by atoms with van der Waals surface area (Å²) in [5.41, 5.74) is 2.47. The molecule has 2 unspecified atom stereocenters. The summed E-state index contributed by atoms with van der Waals surface area (Å²) in [6, 6.07) is 6.14. The number of benzene rings is 1. The Bertz CT molecular complexity index is 1420. The Hall–Kier alpha value is -3.78. The van der Waals surface area contributed by atoms with E-state index < -0.39 is 5.54 Å². The average molecular weight is 525 g/mol. The zero-order chi connectivity index (χ0) is 26.8. The van der Waals surface area contributed by atoms with E-state index in [9.17, 15) is 4.79 Å². The number of rotatable bonds is 7. The van der Waals surface area contributed by atoms with Gasteiger partial charge in [0.1, 0.15) is 17.9 Å². The molecule has 1 saturated heterocycles. The molecular formula is C31H36N6O2. The zero-order valence-electron chi connectivity index (χ0n) is 22.7. The molecule has 2 aliphatic heterocycles. The second kappa shape index (κ2) is 10.8. The lowest BCUT2D eigenvalue weighted by atomic mass is 9.78. The molecule has 1 aromatic carbocycles. The van der Waals surface area contributed by atoms with Crippen LogP contribution in [0, 0.1) is 12.8 Å². The molecule has 0 saturated carbocycles. The third-order valence-corrected chi connectivity index (χ3v) is 8.53. The van der Waals surface area contributed by atoms with Crippen molar-refractivity contribution in [3.63, 3.8) is 0 Å². The van der Waals surface area contributed by atoms with E-state index in [1.165, 1.54) is 0 Å². The molecule has 0 radical (unpaired) electrons. The lowest BCUT2D eigenvalue weighted by Crippen LogP contribution is -2.52. The second-order valence-corrected chi connectivity index (χ2v) is 10.9. The number of fused-ring (bicyclic) bond motifs is 1. The lowest BCUT2D eigenvalue weighted by Gasteiger charge is -2.44. The van der Waals surface area contributed by atoms with Crippen LogP contribution in [0.25, 0.3) is 17.8 Å². The van der Waals surface area contributed by atoms with Gasteiger partial charge in [0.2, 0.25) is 0 Å². The van der Waals surface area contributed by atoms with E-state index in [-0.39, 0.29) is 0 Å². The first-order chi connectivity index (χ1) is 19.1. The quantitative estimate of drug-likeness (QED) is 0.405. The Balaban J connectivity index is 1.15. The van der Waals surface area contributed by atoms with Crippen LogP contribution in [-0.4, -0.2) is 61.2 Å². The van der Waals surface area contributed by atoms with Gasteiger partial charge in [0, 0.05) is 18.7 Å². The Morgan fingerprint density at radius 2 is 1.97 bits per heavy atom. The number of carbonyl (C=O) groups excluding carboxylic acids is 1. The van der Waals surface area contributed by atoms with Crippen LogP contribution >= 0.6 is 0 Å². The summed E-state index contributed by atoms with van der Waals surface area (Å²) >= 11 is 0. The molecular weight excluding hydrogens is 488 g/mol. The van der Waals surface area contributed by atoms with Crippen molar-refractivity contribution in [2.75, 3.05) is 20.2 Å². The first kappa shape index (κ1) is 25.5. The minimum atomic E-state index is -0.469. The lowest BCUT2D eigenvalue weighted by molar-refractivity contribution is -0.117. The van der Waals surface area contributed by atoms with E-state index in [1.54, 1.807) is 13.4 Å². The van der Waals surface area contributed by atoms with Crippen LogP contribution in [0.4, 0.5) is 0 Å². The standard InChI is InChI=1S/C31H36N6O2/c1-23-20-35(22-32-23)27-10-8-24(19-28(27)39-2)9-11-29-33-30-26(7-6-16-37(30)34-29)25-12-17-36(18-13-25)31(21-38)14-4-3-5-15-31/h3-5,8-11,14,19-22,25-26H,6-7,12-13,15-18H2,1-2H3/b11-9+. The molecule has 4 heterocycles. The van der Waals surface area contributed by atoms with E-state index in [2.05, 4.69) is 32.8 Å². The van der Waals surface area contributed by atoms with E-state index in [1.807, 2.05) is 54.1 Å². The van der Waals surface area contributed by atoms with Crippen LogP contribution in [0.15, 0.2) is 55.0 Å². The van der Waals surface area contributed by atoms with Crippen molar-refractivity contribution >= 4 is 18.4 Å². The van der Waals surface area contributed by atoms with Crippen molar-refractivity contribution in [1.82, 2.24) is 29.2 Å². The van der Waals surface area contributed by atoms with Crippen molar-refractivity contribution in [1.29, 1.82) is 0 Å². The van der Waals surface area contributed by atoms with E-state index in [4.69, 9.17) is 14.8 Å². The molecule has 2 aromatic heterocycles. The highest BCUT2D eigenvalue weighted by molar-refractivity contribution is 5.70. The van der Waals surface area contributed by atoms with Gasteiger partial charge in [-0.15, -0.1) is 0 Å². The maximum atomic E-state index is 12.0. The molecule has 0 spiro atoms. The van der Waals surface area contributed by atoms with Crippen molar-refractivity contribution in [3.05, 3.63) is 77.9 Å². The zero-order valence-corrected chi connectivity index (χ0v) is 22.7. The summed E-state index contributed by atoms with van der Waals surface area (Å²) in [5, 5.41) is 4.84. The highest BCUT2D eigenvalue weighted by Crippen LogP contribution is 2.40. The Morgan fingerprint density at radius 1 is 1.10 bits per heavy atom. The van der Waals surface area contributed by atoms with Gasteiger partial charge in [-0.2, -0.15) is 5.10 Å². The van der Waals surface area contributed by atoms with Gasteiger partial charge in [0.25, 0.3) is 0 Å². The molecule has 39 heavy (non-hydrogen) atoms. The highest BCUT2D eigenvalue weighted by atomic mass is 16.5. The number of methoxy groups -OCH3 is 1.